The van der Waals surface area contributed by atoms with E-state index in [1.165, 1.54) is 83.5 Å². The van der Waals surface area contributed by atoms with E-state index < -0.39 is 5.97 Å². The Balaban J connectivity index is 4.10. The van der Waals surface area contributed by atoms with Crippen molar-refractivity contribution in [2.45, 2.75) is 180 Å². The van der Waals surface area contributed by atoms with E-state index in [9.17, 15) is 14.4 Å². The summed E-state index contributed by atoms with van der Waals surface area (Å²) in [7, 11) is 0. The van der Waals surface area contributed by atoms with E-state index in [0.717, 1.165) is 64.2 Å². The molecule has 0 aliphatic carbocycles. The fraction of sp³-hybridized carbons (Fsp3) is 0.725. The zero-order chi connectivity index (χ0) is 33.8. The van der Waals surface area contributed by atoms with Crippen LogP contribution in [-0.2, 0) is 19.1 Å². The fourth-order valence-corrected chi connectivity index (χ4v) is 5.13. The molecule has 6 heteroatoms. The first-order valence-electron chi connectivity index (χ1n) is 18.8. The van der Waals surface area contributed by atoms with Crippen LogP contribution in [0, 0.1) is 0 Å². The molecular formula is C40H69NO5. The Morgan fingerprint density at radius 3 is 1.70 bits per heavy atom. The molecule has 0 aliphatic rings. The van der Waals surface area contributed by atoms with Crippen molar-refractivity contribution in [2.75, 3.05) is 6.54 Å². The van der Waals surface area contributed by atoms with Crippen molar-refractivity contribution in [3.05, 3.63) is 48.6 Å². The number of carboxylic acid groups (broad SMARTS) is 1. The van der Waals surface area contributed by atoms with Gasteiger partial charge in [-0.15, -0.1) is 0 Å². The van der Waals surface area contributed by atoms with Crippen LogP contribution in [0.3, 0.4) is 0 Å². The van der Waals surface area contributed by atoms with Gasteiger partial charge in [-0.25, -0.2) is 0 Å². The Bertz CT molecular complexity index is 845. The van der Waals surface area contributed by atoms with E-state index in [0.29, 0.717) is 12.8 Å². The Labute approximate surface area is 282 Å². The Morgan fingerprint density at radius 2 is 1.09 bits per heavy atom. The first kappa shape index (κ1) is 43.4. The molecule has 0 spiro atoms. The minimum atomic E-state index is -1.03. The molecule has 0 bridgehead atoms. The molecule has 264 valence electrons. The number of aliphatic carboxylic acids is 1. The number of nitrogens with one attached hydrogen (secondary N) is 1. The highest BCUT2D eigenvalue weighted by atomic mass is 16.5. The van der Waals surface area contributed by atoms with E-state index in [1.807, 2.05) is 6.08 Å². The van der Waals surface area contributed by atoms with E-state index in [-0.39, 0.29) is 24.5 Å². The van der Waals surface area contributed by atoms with Gasteiger partial charge in [-0.1, -0.05) is 133 Å². The lowest BCUT2D eigenvalue weighted by Gasteiger charge is -2.14. The number of unbranched alkanes of at least 4 members (excludes halogenated alkanes) is 16. The predicted octanol–water partition coefficient (Wildman–Crippen LogP) is 11.1. The van der Waals surface area contributed by atoms with E-state index in [4.69, 9.17) is 9.84 Å². The van der Waals surface area contributed by atoms with Gasteiger partial charge < -0.3 is 15.2 Å². The summed E-state index contributed by atoms with van der Waals surface area (Å²) in [4.78, 5) is 34.8. The second kappa shape index (κ2) is 35.2. The van der Waals surface area contributed by atoms with Gasteiger partial charge >= 0.3 is 11.9 Å². The highest BCUT2D eigenvalue weighted by Crippen LogP contribution is 2.15. The maximum Gasteiger partial charge on any atom is 0.322 e. The van der Waals surface area contributed by atoms with Gasteiger partial charge in [0.25, 0.3) is 0 Å². The van der Waals surface area contributed by atoms with E-state index in [1.54, 1.807) is 0 Å². The normalized spacial score (nSPS) is 12.6. The maximum absolute atomic E-state index is 12.6. The molecule has 0 aromatic heterocycles. The van der Waals surface area contributed by atoms with Gasteiger partial charge in [-0.3, -0.25) is 14.4 Å². The second-order valence-corrected chi connectivity index (χ2v) is 12.5. The van der Waals surface area contributed by atoms with Crippen LogP contribution in [0.4, 0.5) is 0 Å². The number of carbonyl (C=O) groups is 3. The number of amides is 1. The smallest absolute Gasteiger partial charge is 0.322 e. The van der Waals surface area contributed by atoms with Crippen molar-refractivity contribution >= 4 is 17.8 Å². The van der Waals surface area contributed by atoms with Gasteiger partial charge in [0, 0.05) is 12.8 Å². The third-order valence-electron chi connectivity index (χ3n) is 7.96. The number of hydrogen-bond donors (Lipinski definition) is 2. The molecule has 0 fully saturated rings. The molecule has 1 unspecified atom stereocenters. The molecule has 2 N–H and O–H groups in total. The van der Waals surface area contributed by atoms with Crippen molar-refractivity contribution in [3.63, 3.8) is 0 Å². The SMILES string of the molecule is CCCC/C=C\C/C=C\C(CCCCCCC(=O)NCC(=O)O)OC(=O)CCCCCCCCC/C=C\C/C=C\CCCCCC. The van der Waals surface area contributed by atoms with Crippen LogP contribution >= 0.6 is 0 Å². The van der Waals surface area contributed by atoms with Crippen LogP contribution < -0.4 is 5.32 Å². The summed E-state index contributed by atoms with van der Waals surface area (Å²) in [5, 5.41) is 11.0. The molecule has 46 heavy (non-hydrogen) atoms. The molecular weight excluding hydrogens is 574 g/mol. The van der Waals surface area contributed by atoms with Crippen LogP contribution in [0.25, 0.3) is 0 Å². The summed E-state index contributed by atoms with van der Waals surface area (Å²) in [6.07, 6.45) is 43.9. The summed E-state index contributed by atoms with van der Waals surface area (Å²) >= 11 is 0. The molecule has 0 aromatic rings. The van der Waals surface area contributed by atoms with Crippen molar-refractivity contribution < 1.29 is 24.2 Å². The average molecular weight is 644 g/mol. The zero-order valence-corrected chi connectivity index (χ0v) is 29.7. The standard InChI is InChI=1S/C40H69NO5/c1-3-5-7-9-11-12-13-14-15-16-17-18-19-20-21-23-25-31-35-40(45)46-37(32-28-24-22-10-8-6-4-2)33-29-26-27-30-34-38(42)41-36-39(43)44/h10,12-13,15-16,22,28,32,37H,3-9,11,14,17-21,23-27,29-31,33-36H2,1-2H3,(H,41,42)(H,43,44)/b13-12-,16-15-,22-10-,32-28-. The number of carboxylic acids is 1. The third kappa shape index (κ3) is 34.2. The molecule has 0 radical (unpaired) electrons. The summed E-state index contributed by atoms with van der Waals surface area (Å²) in [6.45, 7) is 4.12. The largest absolute Gasteiger partial charge is 0.480 e. The lowest BCUT2D eigenvalue weighted by atomic mass is 10.1. The first-order valence-corrected chi connectivity index (χ1v) is 18.8. The number of hydrogen-bond acceptors (Lipinski definition) is 4. The average Bonchev–Trinajstić information content (AvgIpc) is 3.04. The van der Waals surface area contributed by atoms with E-state index >= 15 is 0 Å². The van der Waals surface area contributed by atoms with Crippen molar-refractivity contribution in [1.82, 2.24) is 5.32 Å². The predicted molar refractivity (Wildman–Crippen MR) is 194 cm³/mol. The van der Waals surface area contributed by atoms with Crippen molar-refractivity contribution in [1.29, 1.82) is 0 Å². The molecule has 0 rings (SSSR count). The lowest BCUT2D eigenvalue weighted by molar-refractivity contribution is -0.147. The second-order valence-electron chi connectivity index (χ2n) is 12.5. The number of allylic oxidation sites excluding steroid dienone is 7. The molecule has 6 nitrogen and oxygen atoms in total. The highest BCUT2D eigenvalue weighted by molar-refractivity contribution is 5.80. The topological polar surface area (TPSA) is 92.7 Å². The third-order valence-corrected chi connectivity index (χ3v) is 7.96. The quantitative estimate of drug-likeness (QED) is 0.0422. The molecule has 0 saturated carbocycles. The summed E-state index contributed by atoms with van der Waals surface area (Å²) in [5.74, 6) is -1.37. The molecule has 1 amide bonds. The zero-order valence-electron chi connectivity index (χ0n) is 29.7. The van der Waals surface area contributed by atoms with E-state index in [2.05, 4.69) is 61.7 Å². The van der Waals surface area contributed by atoms with Gasteiger partial charge in [0.05, 0.1) is 0 Å². The van der Waals surface area contributed by atoms with Gasteiger partial charge in [-0.2, -0.15) is 0 Å². The Hall–Kier alpha value is -2.63. The molecule has 0 saturated heterocycles. The maximum atomic E-state index is 12.6. The van der Waals surface area contributed by atoms with Crippen molar-refractivity contribution in [2.24, 2.45) is 0 Å². The molecule has 0 aromatic carbocycles. The van der Waals surface area contributed by atoms with Gasteiger partial charge in [0.1, 0.15) is 12.6 Å². The Morgan fingerprint density at radius 1 is 0.587 bits per heavy atom. The lowest BCUT2D eigenvalue weighted by Crippen LogP contribution is -2.28. The first-order chi connectivity index (χ1) is 22.5. The summed E-state index contributed by atoms with van der Waals surface area (Å²) < 4.78 is 5.85. The van der Waals surface area contributed by atoms with Crippen LogP contribution in [0.1, 0.15) is 174 Å². The summed E-state index contributed by atoms with van der Waals surface area (Å²) in [6, 6.07) is 0. The molecule has 0 aliphatic heterocycles. The van der Waals surface area contributed by atoms with Gasteiger partial charge in [0.2, 0.25) is 5.91 Å². The highest BCUT2D eigenvalue weighted by Gasteiger charge is 2.11. The number of rotatable bonds is 33. The van der Waals surface area contributed by atoms with Crippen LogP contribution in [0.2, 0.25) is 0 Å². The van der Waals surface area contributed by atoms with Crippen LogP contribution in [0.15, 0.2) is 48.6 Å². The Kier molecular flexibility index (Phi) is 33.2. The van der Waals surface area contributed by atoms with Crippen LogP contribution in [-0.4, -0.2) is 35.6 Å². The fourth-order valence-electron chi connectivity index (χ4n) is 5.13. The minimum absolute atomic E-state index is 0.110. The van der Waals surface area contributed by atoms with Gasteiger partial charge in [0.15, 0.2) is 0 Å². The monoisotopic (exact) mass is 644 g/mol. The van der Waals surface area contributed by atoms with Gasteiger partial charge in [-0.05, 0) is 76.7 Å². The molecule has 1 atom stereocenters. The number of carbonyl (C=O) groups excluding carboxylic acids is 2. The summed E-state index contributed by atoms with van der Waals surface area (Å²) in [5.41, 5.74) is 0. The minimum Gasteiger partial charge on any atom is -0.480 e. The van der Waals surface area contributed by atoms with Crippen LogP contribution in [0.5, 0.6) is 0 Å². The van der Waals surface area contributed by atoms with Crippen molar-refractivity contribution in [3.8, 4) is 0 Å². The number of ether oxygens (including phenoxy) is 1. The number of esters is 1. The molecule has 0 heterocycles.